The molecule has 0 aliphatic heterocycles. The van der Waals surface area contributed by atoms with Gasteiger partial charge in [-0.1, -0.05) is 6.07 Å². The fourth-order valence-electron chi connectivity index (χ4n) is 1.50. The van der Waals surface area contributed by atoms with E-state index in [0.717, 1.165) is 10.9 Å². The monoisotopic (exact) mass is 266 g/mol. The number of hydrogen-bond acceptors (Lipinski definition) is 4. The third kappa shape index (κ3) is 2.60. The molecule has 6 heteroatoms. The zero-order valence-corrected chi connectivity index (χ0v) is 10.1. The van der Waals surface area contributed by atoms with Crippen LogP contribution in [0.1, 0.15) is 15.2 Å². The highest BCUT2D eigenvalue weighted by molar-refractivity contribution is 7.09. The van der Waals surface area contributed by atoms with Gasteiger partial charge in [-0.15, -0.1) is 11.3 Å². The first kappa shape index (κ1) is 12.4. The summed E-state index contributed by atoms with van der Waals surface area (Å²) in [6, 6.07) is 6.02. The van der Waals surface area contributed by atoms with Gasteiger partial charge in [0.25, 0.3) is 0 Å². The van der Waals surface area contributed by atoms with Crippen molar-refractivity contribution in [2.75, 3.05) is 11.1 Å². The molecule has 94 valence electrons. The fourth-order valence-corrected chi connectivity index (χ4v) is 2.15. The predicted octanol–water partition coefficient (Wildman–Crippen LogP) is 2.78. The number of aromatic carboxylic acids is 1. The zero-order valence-electron chi connectivity index (χ0n) is 9.31. The van der Waals surface area contributed by atoms with E-state index in [1.807, 2.05) is 17.5 Å². The van der Waals surface area contributed by atoms with Crippen LogP contribution in [0.5, 0.6) is 0 Å². The average molecular weight is 266 g/mol. The van der Waals surface area contributed by atoms with Gasteiger partial charge < -0.3 is 16.2 Å². The van der Waals surface area contributed by atoms with Crippen LogP contribution in [0, 0.1) is 5.82 Å². The second-order valence-corrected chi connectivity index (χ2v) is 4.69. The molecule has 0 atom stereocenters. The Kier molecular flexibility index (Phi) is 3.47. The number of halogens is 1. The maximum absolute atomic E-state index is 13.6. The minimum atomic E-state index is -1.17. The second-order valence-electron chi connectivity index (χ2n) is 3.66. The Morgan fingerprint density at radius 2 is 2.28 bits per heavy atom. The Hall–Kier alpha value is -2.08. The lowest BCUT2D eigenvalue weighted by atomic mass is 10.1. The molecule has 2 aromatic rings. The van der Waals surface area contributed by atoms with E-state index in [2.05, 4.69) is 5.32 Å². The van der Waals surface area contributed by atoms with Gasteiger partial charge in [0.15, 0.2) is 0 Å². The summed E-state index contributed by atoms with van der Waals surface area (Å²) in [5.74, 6) is -1.74. The molecule has 0 aliphatic rings. The number of benzene rings is 1. The molecule has 0 saturated heterocycles. The van der Waals surface area contributed by atoms with Crippen molar-refractivity contribution in [2.45, 2.75) is 6.54 Å². The van der Waals surface area contributed by atoms with Crippen molar-refractivity contribution < 1.29 is 14.3 Å². The number of hydrogen-bond donors (Lipinski definition) is 3. The SMILES string of the molecule is Nc1cc(F)c(NCc2cccs2)cc1C(=O)O. The number of carboxylic acids is 1. The summed E-state index contributed by atoms with van der Waals surface area (Å²) in [4.78, 5) is 11.9. The Labute approximate surface area is 107 Å². The summed E-state index contributed by atoms with van der Waals surface area (Å²) in [5.41, 5.74) is 5.38. The quantitative estimate of drug-likeness (QED) is 0.744. The molecule has 1 heterocycles. The lowest BCUT2D eigenvalue weighted by molar-refractivity contribution is 0.0698. The van der Waals surface area contributed by atoms with E-state index in [1.165, 1.54) is 17.4 Å². The smallest absolute Gasteiger partial charge is 0.337 e. The number of thiophene rings is 1. The van der Waals surface area contributed by atoms with Crippen LogP contribution in [0.3, 0.4) is 0 Å². The summed E-state index contributed by atoms with van der Waals surface area (Å²) < 4.78 is 13.6. The average Bonchev–Trinajstić information content (AvgIpc) is 2.80. The molecule has 4 nitrogen and oxygen atoms in total. The van der Waals surface area contributed by atoms with E-state index in [0.29, 0.717) is 6.54 Å². The zero-order chi connectivity index (χ0) is 13.1. The summed E-state index contributed by atoms with van der Waals surface area (Å²) in [7, 11) is 0. The van der Waals surface area contributed by atoms with E-state index in [9.17, 15) is 9.18 Å². The molecule has 1 aromatic carbocycles. The van der Waals surface area contributed by atoms with Gasteiger partial charge >= 0.3 is 5.97 Å². The number of nitrogen functional groups attached to an aromatic ring is 1. The van der Waals surface area contributed by atoms with Crippen molar-refractivity contribution in [3.63, 3.8) is 0 Å². The summed E-state index contributed by atoms with van der Waals surface area (Å²) >= 11 is 1.54. The summed E-state index contributed by atoms with van der Waals surface area (Å²) in [6.45, 7) is 0.442. The van der Waals surface area contributed by atoms with Crippen LogP contribution < -0.4 is 11.1 Å². The maximum atomic E-state index is 13.6. The van der Waals surface area contributed by atoms with Crippen LogP contribution >= 0.6 is 11.3 Å². The largest absolute Gasteiger partial charge is 0.478 e. The van der Waals surface area contributed by atoms with Gasteiger partial charge in [0, 0.05) is 17.1 Å². The van der Waals surface area contributed by atoms with Crippen LogP contribution in [0.2, 0.25) is 0 Å². The first-order valence-corrected chi connectivity index (χ1v) is 6.04. The van der Waals surface area contributed by atoms with E-state index >= 15 is 0 Å². The van der Waals surface area contributed by atoms with E-state index in [1.54, 1.807) is 0 Å². The molecule has 0 bridgehead atoms. The molecule has 0 amide bonds. The second kappa shape index (κ2) is 5.05. The Morgan fingerprint density at radius 3 is 2.89 bits per heavy atom. The highest BCUT2D eigenvalue weighted by Crippen LogP contribution is 2.23. The van der Waals surface area contributed by atoms with Gasteiger partial charge in [-0.3, -0.25) is 0 Å². The van der Waals surface area contributed by atoms with Gasteiger partial charge in [0.05, 0.1) is 11.3 Å². The highest BCUT2D eigenvalue weighted by atomic mass is 32.1. The predicted molar refractivity (Wildman–Crippen MR) is 69.4 cm³/mol. The standard InChI is InChI=1S/C12H11FN2O2S/c13-9-5-10(14)8(12(16)17)4-11(9)15-6-7-2-1-3-18-7/h1-5,15H,6,14H2,(H,16,17). The number of nitrogens with one attached hydrogen (secondary N) is 1. The normalized spacial score (nSPS) is 10.3. The van der Waals surface area contributed by atoms with Crippen molar-refractivity contribution in [2.24, 2.45) is 0 Å². The highest BCUT2D eigenvalue weighted by Gasteiger charge is 2.13. The number of carboxylic acid groups (broad SMARTS) is 1. The van der Waals surface area contributed by atoms with Crippen LogP contribution in [0.25, 0.3) is 0 Å². The van der Waals surface area contributed by atoms with Crippen molar-refractivity contribution in [3.05, 3.63) is 45.9 Å². The van der Waals surface area contributed by atoms with Crippen LogP contribution in [0.15, 0.2) is 29.6 Å². The Bertz CT molecular complexity index is 570. The van der Waals surface area contributed by atoms with Gasteiger partial charge in [-0.25, -0.2) is 9.18 Å². The summed E-state index contributed by atoms with van der Waals surface area (Å²) in [6.07, 6.45) is 0. The minimum Gasteiger partial charge on any atom is -0.478 e. The third-order valence-corrected chi connectivity index (χ3v) is 3.28. The van der Waals surface area contributed by atoms with Gasteiger partial charge in [0.1, 0.15) is 5.82 Å². The van der Waals surface area contributed by atoms with Crippen LogP contribution in [0.4, 0.5) is 15.8 Å². The van der Waals surface area contributed by atoms with E-state index < -0.39 is 11.8 Å². The van der Waals surface area contributed by atoms with Crippen molar-refractivity contribution >= 4 is 28.7 Å². The summed E-state index contributed by atoms with van der Waals surface area (Å²) in [5, 5.41) is 13.7. The maximum Gasteiger partial charge on any atom is 0.337 e. The van der Waals surface area contributed by atoms with Crippen molar-refractivity contribution in [1.82, 2.24) is 0 Å². The molecule has 0 aliphatic carbocycles. The van der Waals surface area contributed by atoms with Gasteiger partial charge in [-0.2, -0.15) is 0 Å². The number of nitrogens with two attached hydrogens (primary N) is 1. The van der Waals surface area contributed by atoms with Gasteiger partial charge in [-0.05, 0) is 23.6 Å². The van der Waals surface area contributed by atoms with Crippen LogP contribution in [-0.2, 0) is 6.54 Å². The molecule has 0 spiro atoms. The molecule has 4 N–H and O–H groups in total. The molecule has 18 heavy (non-hydrogen) atoms. The van der Waals surface area contributed by atoms with E-state index in [-0.39, 0.29) is 16.9 Å². The number of anilines is 2. The lowest BCUT2D eigenvalue weighted by Gasteiger charge is -2.09. The molecule has 0 unspecified atom stereocenters. The molecule has 0 radical (unpaired) electrons. The van der Waals surface area contributed by atoms with Crippen molar-refractivity contribution in [3.8, 4) is 0 Å². The molecule has 0 saturated carbocycles. The first-order chi connectivity index (χ1) is 8.58. The lowest BCUT2D eigenvalue weighted by Crippen LogP contribution is -2.07. The number of rotatable bonds is 4. The van der Waals surface area contributed by atoms with Crippen molar-refractivity contribution in [1.29, 1.82) is 0 Å². The van der Waals surface area contributed by atoms with E-state index in [4.69, 9.17) is 10.8 Å². The first-order valence-electron chi connectivity index (χ1n) is 5.16. The molecule has 2 rings (SSSR count). The topological polar surface area (TPSA) is 75.3 Å². The fraction of sp³-hybridized carbons (Fsp3) is 0.0833. The minimum absolute atomic E-state index is 0.0818. The number of carbonyl (C=O) groups is 1. The molecular formula is C12H11FN2O2S. The molecule has 1 aromatic heterocycles. The van der Waals surface area contributed by atoms with Gasteiger partial charge in [0.2, 0.25) is 0 Å². The third-order valence-electron chi connectivity index (χ3n) is 2.40. The van der Waals surface area contributed by atoms with Crippen LogP contribution in [-0.4, -0.2) is 11.1 Å². The Morgan fingerprint density at radius 1 is 1.50 bits per heavy atom. The molecule has 0 fully saturated rings. The Balaban J connectivity index is 2.22. The molecular weight excluding hydrogens is 255 g/mol.